The maximum atomic E-state index is 12.2. The van der Waals surface area contributed by atoms with Gasteiger partial charge in [-0.2, -0.15) is 0 Å². The minimum Gasteiger partial charge on any atom is -0.449 e. The van der Waals surface area contributed by atoms with E-state index in [9.17, 15) is 4.79 Å². The number of carbonyl (C=O) groups excluding carboxylic acids is 1. The molecule has 1 aliphatic rings. The van der Waals surface area contributed by atoms with Crippen LogP contribution < -0.4 is 4.90 Å². The van der Waals surface area contributed by atoms with Crippen molar-refractivity contribution in [3.8, 4) is 11.5 Å². The molecule has 6 heteroatoms. The summed E-state index contributed by atoms with van der Waals surface area (Å²) in [6.07, 6.45) is 7.67. The zero-order valence-corrected chi connectivity index (χ0v) is 17.7. The van der Waals surface area contributed by atoms with Crippen molar-refractivity contribution >= 4 is 17.7 Å². The smallest absolute Gasteiger partial charge is 0.331 e. The zero-order valence-electron chi connectivity index (χ0n) is 17.7. The van der Waals surface area contributed by atoms with Crippen molar-refractivity contribution in [3.63, 3.8) is 0 Å². The second kappa shape index (κ2) is 10.1. The van der Waals surface area contributed by atoms with Gasteiger partial charge in [0.25, 0.3) is 5.89 Å². The minimum atomic E-state index is -0.632. The van der Waals surface area contributed by atoms with Gasteiger partial charge in [0.1, 0.15) is 0 Å². The van der Waals surface area contributed by atoms with Crippen molar-refractivity contribution in [3.05, 3.63) is 72.1 Å². The van der Waals surface area contributed by atoms with Crippen LogP contribution in [0.25, 0.3) is 17.5 Å². The van der Waals surface area contributed by atoms with E-state index in [1.807, 2.05) is 42.5 Å². The molecule has 4 rings (SSSR count). The van der Waals surface area contributed by atoms with E-state index in [1.165, 1.54) is 37.4 Å². The summed E-state index contributed by atoms with van der Waals surface area (Å²) in [6, 6.07) is 17.8. The van der Waals surface area contributed by atoms with E-state index in [-0.39, 0.29) is 5.89 Å². The molecule has 2 aromatic carbocycles. The maximum Gasteiger partial charge on any atom is 0.331 e. The first kappa shape index (κ1) is 20.8. The SMILES string of the molecule is C[C@H](OC(=O)/C=C/c1ccc(N2CCCCCC2)cc1)c1nnc(-c2ccccc2)o1. The Morgan fingerprint density at radius 1 is 1.00 bits per heavy atom. The van der Waals surface area contributed by atoms with Gasteiger partial charge in [-0.3, -0.25) is 0 Å². The summed E-state index contributed by atoms with van der Waals surface area (Å²) in [6.45, 7) is 3.94. The third-order valence-electron chi connectivity index (χ3n) is 5.38. The topological polar surface area (TPSA) is 68.5 Å². The van der Waals surface area contributed by atoms with E-state index in [0.29, 0.717) is 5.89 Å². The summed E-state index contributed by atoms with van der Waals surface area (Å²) < 4.78 is 11.1. The molecule has 0 bridgehead atoms. The number of esters is 1. The number of benzene rings is 2. The van der Waals surface area contributed by atoms with E-state index in [1.54, 1.807) is 13.0 Å². The third kappa shape index (κ3) is 5.60. The van der Waals surface area contributed by atoms with E-state index in [0.717, 1.165) is 24.2 Å². The van der Waals surface area contributed by atoms with Crippen molar-refractivity contribution in [2.45, 2.75) is 38.7 Å². The number of hydrogen-bond donors (Lipinski definition) is 0. The number of anilines is 1. The Balaban J connectivity index is 1.32. The van der Waals surface area contributed by atoms with Gasteiger partial charge in [0, 0.05) is 30.4 Å². The Kier molecular flexibility index (Phi) is 6.77. The van der Waals surface area contributed by atoms with Crippen molar-refractivity contribution in [1.29, 1.82) is 0 Å². The standard InChI is InChI=1S/C25H27N3O3/c1-19(24-26-27-25(31-24)21-9-5-4-6-10-21)30-23(29)16-13-20-11-14-22(15-12-20)28-17-7-2-3-8-18-28/h4-6,9-16,19H,2-3,7-8,17-18H2,1H3/b16-13+/t19-/m0/s1. The first-order valence-electron chi connectivity index (χ1n) is 10.8. The highest BCUT2D eigenvalue weighted by Crippen LogP contribution is 2.23. The van der Waals surface area contributed by atoms with Gasteiger partial charge in [0.2, 0.25) is 5.89 Å². The summed E-state index contributed by atoms with van der Waals surface area (Å²) in [4.78, 5) is 14.7. The summed E-state index contributed by atoms with van der Waals surface area (Å²) in [5.74, 6) is 0.213. The summed E-state index contributed by atoms with van der Waals surface area (Å²) in [5.41, 5.74) is 3.01. The number of rotatable bonds is 6. The van der Waals surface area contributed by atoms with E-state index in [4.69, 9.17) is 9.15 Å². The molecular weight excluding hydrogens is 390 g/mol. The maximum absolute atomic E-state index is 12.2. The van der Waals surface area contributed by atoms with Crippen LogP contribution in [-0.4, -0.2) is 29.3 Å². The number of carbonyl (C=O) groups is 1. The van der Waals surface area contributed by atoms with Crippen molar-refractivity contribution in [2.24, 2.45) is 0 Å². The Hall–Kier alpha value is -3.41. The molecule has 0 unspecified atom stereocenters. The number of aromatic nitrogens is 2. The summed E-state index contributed by atoms with van der Waals surface area (Å²) in [5, 5.41) is 8.03. The fourth-order valence-electron chi connectivity index (χ4n) is 3.65. The van der Waals surface area contributed by atoms with Crippen LogP contribution >= 0.6 is 0 Å². The zero-order chi connectivity index (χ0) is 21.5. The van der Waals surface area contributed by atoms with Gasteiger partial charge >= 0.3 is 5.97 Å². The molecule has 0 N–H and O–H groups in total. The van der Waals surface area contributed by atoms with Crippen LogP contribution in [0, 0.1) is 0 Å². The average molecular weight is 418 g/mol. The second-order valence-electron chi connectivity index (χ2n) is 7.72. The number of nitrogens with zero attached hydrogens (tertiary/aromatic N) is 3. The molecule has 31 heavy (non-hydrogen) atoms. The lowest BCUT2D eigenvalue weighted by molar-refractivity contribution is -0.143. The lowest BCUT2D eigenvalue weighted by Gasteiger charge is -2.22. The van der Waals surface area contributed by atoms with E-state index < -0.39 is 12.1 Å². The Morgan fingerprint density at radius 3 is 2.42 bits per heavy atom. The Bertz CT molecular complexity index is 1000. The molecule has 0 radical (unpaired) electrons. The molecule has 1 aromatic heterocycles. The van der Waals surface area contributed by atoms with Crippen LogP contribution in [0.5, 0.6) is 0 Å². The minimum absolute atomic E-state index is 0.266. The van der Waals surface area contributed by atoms with Gasteiger partial charge in [-0.15, -0.1) is 10.2 Å². The molecule has 1 atom stereocenters. The van der Waals surface area contributed by atoms with Gasteiger partial charge in [-0.05, 0) is 55.7 Å². The molecular formula is C25H27N3O3. The summed E-state index contributed by atoms with van der Waals surface area (Å²) in [7, 11) is 0. The van der Waals surface area contributed by atoms with E-state index in [2.05, 4.69) is 27.2 Å². The fraction of sp³-hybridized carbons (Fsp3) is 0.320. The Morgan fingerprint density at radius 2 is 1.71 bits per heavy atom. The highest BCUT2D eigenvalue weighted by Gasteiger charge is 2.18. The fourth-order valence-corrected chi connectivity index (χ4v) is 3.65. The number of ether oxygens (including phenoxy) is 1. The monoisotopic (exact) mass is 417 g/mol. The molecule has 0 aliphatic carbocycles. The van der Waals surface area contributed by atoms with Crippen LogP contribution in [0.2, 0.25) is 0 Å². The van der Waals surface area contributed by atoms with Crippen LogP contribution in [0.15, 0.2) is 65.1 Å². The molecule has 3 aromatic rings. The molecule has 160 valence electrons. The largest absolute Gasteiger partial charge is 0.449 e. The predicted octanol–water partition coefficient (Wildman–Crippen LogP) is 5.43. The van der Waals surface area contributed by atoms with Crippen molar-refractivity contribution in [2.75, 3.05) is 18.0 Å². The Labute approximate surface area is 182 Å². The number of hydrogen-bond acceptors (Lipinski definition) is 6. The van der Waals surface area contributed by atoms with Gasteiger partial charge in [0.15, 0.2) is 6.10 Å². The quantitative estimate of drug-likeness (QED) is 0.393. The predicted molar refractivity (Wildman–Crippen MR) is 120 cm³/mol. The van der Waals surface area contributed by atoms with Gasteiger partial charge in [0.05, 0.1) is 0 Å². The summed E-state index contributed by atoms with van der Waals surface area (Å²) >= 11 is 0. The highest BCUT2D eigenvalue weighted by atomic mass is 16.6. The average Bonchev–Trinajstić information content (AvgIpc) is 3.15. The van der Waals surface area contributed by atoms with Gasteiger partial charge < -0.3 is 14.1 Å². The van der Waals surface area contributed by atoms with Crippen molar-refractivity contribution in [1.82, 2.24) is 10.2 Å². The highest BCUT2D eigenvalue weighted by molar-refractivity contribution is 5.87. The van der Waals surface area contributed by atoms with Crippen LogP contribution in [0.3, 0.4) is 0 Å². The first-order chi connectivity index (χ1) is 15.2. The normalized spacial score (nSPS) is 15.6. The van der Waals surface area contributed by atoms with Crippen LogP contribution in [0.4, 0.5) is 5.69 Å². The molecule has 0 amide bonds. The second-order valence-corrected chi connectivity index (χ2v) is 7.72. The molecule has 1 aliphatic heterocycles. The van der Waals surface area contributed by atoms with Crippen LogP contribution in [-0.2, 0) is 9.53 Å². The molecule has 1 fully saturated rings. The first-order valence-corrected chi connectivity index (χ1v) is 10.8. The van der Waals surface area contributed by atoms with Gasteiger partial charge in [-0.1, -0.05) is 43.2 Å². The molecule has 0 saturated carbocycles. The molecule has 1 saturated heterocycles. The van der Waals surface area contributed by atoms with Gasteiger partial charge in [-0.25, -0.2) is 4.79 Å². The van der Waals surface area contributed by atoms with E-state index >= 15 is 0 Å². The molecule has 2 heterocycles. The molecule has 0 spiro atoms. The van der Waals surface area contributed by atoms with Crippen molar-refractivity contribution < 1.29 is 13.9 Å². The van der Waals surface area contributed by atoms with Crippen LogP contribution in [0.1, 0.15) is 50.2 Å². The lowest BCUT2D eigenvalue weighted by atomic mass is 10.1. The lowest BCUT2D eigenvalue weighted by Crippen LogP contribution is -2.23. The third-order valence-corrected chi connectivity index (χ3v) is 5.38. The molecule has 6 nitrogen and oxygen atoms in total.